The molecule has 1 aliphatic heterocycles. The van der Waals surface area contributed by atoms with Crippen LogP contribution in [0.25, 0.3) is 10.8 Å². The Labute approximate surface area is 175 Å². The number of hydrogen-bond acceptors (Lipinski definition) is 6. The van der Waals surface area contributed by atoms with E-state index in [1.54, 1.807) is 6.07 Å². The van der Waals surface area contributed by atoms with Crippen LogP contribution in [0.2, 0.25) is 0 Å². The highest BCUT2D eigenvalue weighted by Crippen LogP contribution is 2.29. The molecule has 30 heavy (non-hydrogen) atoms. The van der Waals surface area contributed by atoms with Crippen molar-refractivity contribution in [2.75, 3.05) is 6.61 Å². The van der Waals surface area contributed by atoms with Crippen molar-refractivity contribution in [1.82, 2.24) is 0 Å². The molecule has 7 heteroatoms. The number of carbonyl (C=O) groups excluding carboxylic acids is 3. The van der Waals surface area contributed by atoms with Crippen molar-refractivity contribution in [1.29, 1.82) is 0 Å². The first-order valence-corrected chi connectivity index (χ1v) is 10.5. The largest absolute Gasteiger partial charge is 0.494 e. The Morgan fingerprint density at radius 1 is 0.967 bits per heavy atom. The molecule has 160 valence electrons. The monoisotopic (exact) mass is 413 g/mol. The van der Waals surface area contributed by atoms with Crippen molar-refractivity contribution in [2.45, 2.75) is 58.4 Å². The molecule has 0 aliphatic carbocycles. The number of nitrogens with zero attached hydrogens (tertiary/aromatic N) is 1. The van der Waals surface area contributed by atoms with Crippen LogP contribution >= 0.6 is 0 Å². The number of hydrogen-bond donors (Lipinski definition) is 0. The summed E-state index contributed by atoms with van der Waals surface area (Å²) in [6, 6.07) is 11.2. The number of quaternary nitrogens is 1. The van der Waals surface area contributed by atoms with E-state index in [2.05, 4.69) is 11.8 Å². The van der Waals surface area contributed by atoms with Crippen LogP contribution in [0.5, 0.6) is 5.75 Å². The molecule has 0 saturated carbocycles. The van der Waals surface area contributed by atoms with Crippen LogP contribution < -0.4 is 9.84 Å². The van der Waals surface area contributed by atoms with Gasteiger partial charge in [-0.3, -0.25) is 0 Å². The Balaban J connectivity index is 1.70. The number of unbranched alkanes of at least 4 members (excludes halogenated alkanes) is 4. The molecule has 0 spiro atoms. The van der Waals surface area contributed by atoms with E-state index in [1.807, 2.05) is 30.3 Å². The standard InChI is InChI=1S/C23H27NO6/c1-2-3-4-5-6-13-29-20-10-9-18-14-17(7-8-19(18)15-20)16-24(30-23(27)28)21(25)11-12-22(24)26/h7-10,14-15H,2-6,11-13,16H2,1H3. The minimum Gasteiger partial charge on any atom is -0.494 e. The van der Waals surface area contributed by atoms with Gasteiger partial charge in [0.15, 0.2) is 0 Å². The zero-order valence-corrected chi connectivity index (χ0v) is 17.2. The van der Waals surface area contributed by atoms with E-state index in [0.29, 0.717) is 12.2 Å². The van der Waals surface area contributed by atoms with E-state index >= 15 is 0 Å². The van der Waals surface area contributed by atoms with E-state index < -0.39 is 22.6 Å². The molecule has 0 radical (unpaired) electrons. The van der Waals surface area contributed by atoms with Crippen LogP contribution in [-0.2, 0) is 21.0 Å². The third-order valence-electron chi connectivity index (χ3n) is 5.39. The molecule has 0 unspecified atom stereocenters. The zero-order chi connectivity index (χ0) is 21.6. The first kappa shape index (κ1) is 21.8. The average molecular weight is 413 g/mol. The summed E-state index contributed by atoms with van der Waals surface area (Å²) in [7, 11) is 0. The summed E-state index contributed by atoms with van der Waals surface area (Å²) < 4.78 is 4.65. The molecule has 7 nitrogen and oxygen atoms in total. The molecule has 0 aromatic heterocycles. The molecule has 1 aliphatic rings. The van der Waals surface area contributed by atoms with E-state index in [-0.39, 0.29) is 19.4 Å². The number of carboxylic acid groups (broad SMARTS) is 1. The van der Waals surface area contributed by atoms with E-state index in [1.165, 1.54) is 19.3 Å². The Kier molecular flexibility index (Phi) is 7.05. The van der Waals surface area contributed by atoms with E-state index in [9.17, 15) is 19.5 Å². The summed E-state index contributed by atoms with van der Waals surface area (Å²) in [5.41, 5.74) is 0.622. The third kappa shape index (κ3) is 4.97. The Hall–Kier alpha value is -2.93. The summed E-state index contributed by atoms with van der Waals surface area (Å²) in [6.45, 7) is 2.69. The lowest BCUT2D eigenvalue weighted by Gasteiger charge is -2.29. The van der Waals surface area contributed by atoms with Gasteiger partial charge in [-0.2, -0.15) is 0 Å². The van der Waals surface area contributed by atoms with Crippen molar-refractivity contribution in [3.05, 3.63) is 42.0 Å². The minimum atomic E-state index is -1.89. The molecule has 0 bridgehead atoms. The topological polar surface area (TPSA) is 92.7 Å². The summed E-state index contributed by atoms with van der Waals surface area (Å²) in [5.74, 6) is -0.363. The number of fused-ring (bicyclic) bond motifs is 1. The van der Waals surface area contributed by atoms with E-state index in [0.717, 1.165) is 29.4 Å². The first-order chi connectivity index (χ1) is 14.4. The van der Waals surface area contributed by atoms with Gasteiger partial charge in [-0.25, -0.2) is 9.59 Å². The summed E-state index contributed by atoms with van der Waals surface area (Å²) >= 11 is 0. The van der Waals surface area contributed by atoms with Gasteiger partial charge in [0.05, 0.1) is 19.4 Å². The molecule has 3 rings (SSSR count). The van der Waals surface area contributed by atoms with Gasteiger partial charge >= 0.3 is 18.0 Å². The molecule has 0 atom stereocenters. The predicted octanol–water partition coefficient (Wildman–Crippen LogP) is 3.63. The normalized spacial score (nSPS) is 15.5. The van der Waals surface area contributed by atoms with Crippen molar-refractivity contribution < 1.29 is 33.7 Å². The van der Waals surface area contributed by atoms with Crippen LogP contribution in [0.4, 0.5) is 4.79 Å². The quantitative estimate of drug-likeness (QED) is 0.335. The van der Waals surface area contributed by atoms with Gasteiger partial charge in [-0.1, -0.05) is 55.5 Å². The number of rotatable bonds is 10. The van der Waals surface area contributed by atoms with Crippen molar-refractivity contribution in [3.8, 4) is 5.75 Å². The maximum atomic E-state index is 12.3. The maximum Gasteiger partial charge on any atom is 0.352 e. The summed E-state index contributed by atoms with van der Waals surface area (Å²) in [6.07, 6.45) is 3.91. The van der Waals surface area contributed by atoms with Crippen LogP contribution in [0.1, 0.15) is 57.4 Å². The molecular weight excluding hydrogens is 386 g/mol. The fourth-order valence-corrected chi connectivity index (χ4v) is 3.77. The second kappa shape index (κ2) is 9.71. The molecule has 2 aromatic carbocycles. The fraction of sp³-hybridized carbons (Fsp3) is 0.435. The predicted molar refractivity (Wildman–Crippen MR) is 108 cm³/mol. The summed E-state index contributed by atoms with van der Waals surface area (Å²) in [5, 5.41) is 12.8. The third-order valence-corrected chi connectivity index (χ3v) is 5.39. The molecule has 0 N–H and O–H groups in total. The van der Waals surface area contributed by atoms with Crippen LogP contribution in [-0.4, -0.2) is 29.2 Å². The van der Waals surface area contributed by atoms with Gasteiger partial charge in [-0.05, 0) is 35.4 Å². The highest BCUT2D eigenvalue weighted by Gasteiger charge is 2.51. The van der Waals surface area contributed by atoms with E-state index in [4.69, 9.17) is 4.74 Å². The Bertz CT molecular complexity index is 922. The van der Waals surface area contributed by atoms with Crippen LogP contribution in [0, 0.1) is 0 Å². The number of carbonyl (C=O) groups is 3. The van der Waals surface area contributed by atoms with Crippen LogP contribution in [0.3, 0.4) is 0 Å². The van der Waals surface area contributed by atoms with Gasteiger partial charge in [-0.15, -0.1) is 0 Å². The number of amides is 2. The Morgan fingerprint density at radius 2 is 1.63 bits per heavy atom. The molecule has 2 amide bonds. The fourth-order valence-electron chi connectivity index (χ4n) is 3.77. The highest BCUT2D eigenvalue weighted by molar-refractivity contribution is 5.92. The number of likely N-dealkylation sites (tertiary alicyclic amines) is 1. The van der Waals surface area contributed by atoms with Gasteiger partial charge in [0.25, 0.3) is 0 Å². The maximum absolute atomic E-state index is 12.3. The van der Waals surface area contributed by atoms with Crippen molar-refractivity contribution >= 4 is 28.7 Å². The van der Waals surface area contributed by atoms with Crippen molar-refractivity contribution in [3.63, 3.8) is 0 Å². The van der Waals surface area contributed by atoms with Gasteiger partial charge in [0, 0.05) is 5.56 Å². The highest BCUT2D eigenvalue weighted by atomic mass is 16.8. The average Bonchev–Trinajstić information content (AvgIpc) is 2.98. The second-order valence-electron chi connectivity index (χ2n) is 7.63. The SMILES string of the molecule is CCCCCCCOc1ccc2cc(C[N+]3(OC(=O)[O-])C(=O)CCC3=O)ccc2c1. The first-order valence-electron chi connectivity index (χ1n) is 10.5. The number of ether oxygens (including phenoxy) is 1. The molecule has 1 fully saturated rings. The zero-order valence-electron chi connectivity index (χ0n) is 17.2. The number of benzene rings is 2. The smallest absolute Gasteiger partial charge is 0.352 e. The van der Waals surface area contributed by atoms with Crippen LogP contribution in [0.15, 0.2) is 36.4 Å². The lowest BCUT2D eigenvalue weighted by molar-refractivity contribution is -0.974. The summed E-state index contributed by atoms with van der Waals surface area (Å²) in [4.78, 5) is 40.2. The van der Waals surface area contributed by atoms with Gasteiger partial charge in [0.2, 0.25) is 0 Å². The molecule has 1 heterocycles. The minimum absolute atomic E-state index is 0.0428. The second-order valence-corrected chi connectivity index (χ2v) is 7.63. The lowest BCUT2D eigenvalue weighted by atomic mass is 10.1. The number of hydroxylamine groups is 3. The van der Waals surface area contributed by atoms with Gasteiger partial charge < -0.3 is 19.5 Å². The lowest BCUT2D eigenvalue weighted by Crippen LogP contribution is -2.54. The molecule has 2 aromatic rings. The Morgan fingerprint density at radius 3 is 2.33 bits per heavy atom. The molecule has 1 saturated heterocycles. The van der Waals surface area contributed by atoms with Crippen molar-refractivity contribution in [2.24, 2.45) is 0 Å². The number of imide groups is 1. The van der Waals surface area contributed by atoms with Gasteiger partial charge in [0.1, 0.15) is 12.3 Å². The molecular formula is C23H27NO6.